The van der Waals surface area contributed by atoms with E-state index in [4.69, 9.17) is 4.42 Å². The SMILES string of the molecule is CCNC(=O)NC1=Nc2ccc(-c3coc(Cc4n[nH]c(=O)c5ccccc45)c3)cc2C1. The molecule has 8 heteroatoms. The Hall–Kier alpha value is -4.20. The number of hydrogen-bond donors (Lipinski definition) is 3. The van der Waals surface area contributed by atoms with Crippen LogP contribution in [-0.4, -0.2) is 28.6 Å². The Morgan fingerprint density at radius 3 is 2.81 bits per heavy atom. The van der Waals surface area contributed by atoms with Crippen molar-refractivity contribution in [2.24, 2.45) is 4.99 Å². The molecule has 0 aliphatic carbocycles. The van der Waals surface area contributed by atoms with Crippen LogP contribution in [0.25, 0.3) is 21.9 Å². The minimum Gasteiger partial charge on any atom is -0.468 e. The second kappa shape index (κ2) is 8.14. The van der Waals surface area contributed by atoms with Crippen molar-refractivity contribution in [1.82, 2.24) is 20.8 Å². The van der Waals surface area contributed by atoms with E-state index in [-0.39, 0.29) is 11.6 Å². The molecule has 0 fully saturated rings. The Kier molecular flexibility index (Phi) is 5.03. The molecule has 2 amide bonds. The predicted octanol–water partition coefficient (Wildman–Crippen LogP) is 3.68. The third-order valence-corrected chi connectivity index (χ3v) is 5.39. The molecule has 1 aliphatic heterocycles. The number of aromatic nitrogens is 2. The van der Waals surface area contributed by atoms with Gasteiger partial charge >= 0.3 is 6.03 Å². The van der Waals surface area contributed by atoms with Crippen LogP contribution in [0.5, 0.6) is 0 Å². The number of aliphatic imine (C=N–C) groups is 1. The molecule has 5 rings (SSSR count). The van der Waals surface area contributed by atoms with Crippen molar-refractivity contribution in [2.75, 3.05) is 6.54 Å². The van der Waals surface area contributed by atoms with Gasteiger partial charge < -0.3 is 9.73 Å². The average Bonchev–Trinajstić information content (AvgIpc) is 3.42. The monoisotopic (exact) mass is 427 g/mol. The number of fused-ring (bicyclic) bond motifs is 2. The first-order valence-corrected chi connectivity index (χ1v) is 10.4. The molecule has 32 heavy (non-hydrogen) atoms. The predicted molar refractivity (Wildman–Crippen MR) is 122 cm³/mol. The molecule has 0 radical (unpaired) electrons. The molecule has 0 unspecified atom stereocenters. The number of nitrogens with zero attached hydrogens (tertiary/aromatic N) is 2. The lowest BCUT2D eigenvalue weighted by molar-refractivity contribution is 0.245. The van der Waals surface area contributed by atoms with Gasteiger partial charge in [-0.3, -0.25) is 10.1 Å². The molecule has 0 saturated carbocycles. The summed E-state index contributed by atoms with van der Waals surface area (Å²) in [6.07, 6.45) is 2.75. The number of aromatic amines is 1. The van der Waals surface area contributed by atoms with Crippen molar-refractivity contribution >= 4 is 28.3 Å². The van der Waals surface area contributed by atoms with Gasteiger partial charge in [0.15, 0.2) is 0 Å². The quantitative estimate of drug-likeness (QED) is 0.461. The normalized spacial score (nSPS) is 12.5. The number of rotatable bonds is 4. The highest BCUT2D eigenvalue weighted by atomic mass is 16.3. The van der Waals surface area contributed by atoms with Crippen LogP contribution < -0.4 is 16.2 Å². The van der Waals surface area contributed by atoms with E-state index in [1.54, 1.807) is 12.3 Å². The second-order valence-corrected chi connectivity index (χ2v) is 7.59. The molecule has 160 valence electrons. The molecular weight excluding hydrogens is 406 g/mol. The van der Waals surface area contributed by atoms with E-state index in [0.717, 1.165) is 39.2 Å². The summed E-state index contributed by atoms with van der Waals surface area (Å²) < 4.78 is 5.80. The zero-order valence-electron chi connectivity index (χ0n) is 17.4. The third-order valence-electron chi connectivity index (χ3n) is 5.39. The summed E-state index contributed by atoms with van der Waals surface area (Å²) in [7, 11) is 0. The molecule has 0 atom stereocenters. The van der Waals surface area contributed by atoms with Gasteiger partial charge in [0, 0.05) is 23.9 Å². The van der Waals surface area contributed by atoms with Crippen LogP contribution in [0, 0.1) is 0 Å². The van der Waals surface area contributed by atoms with Crippen LogP contribution in [0.3, 0.4) is 0 Å². The number of amidine groups is 1. The van der Waals surface area contributed by atoms with Crippen molar-refractivity contribution in [1.29, 1.82) is 0 Å². The van der Waals surface area contributed by atoms with Crippen molar-refractivity contribution in [2.45, 2.75) is 19.8 Å². The number of carbonyl (C=O) groups is 1. The summed E-state index contributed by atoms with van der Waals surface area (Å²) in [6, 6.07) is 15.1. The van der Waals surface area contributed by atoms with Gasteiger partial charge in [-0.2, -0.15) is 5.10 Å². The van der Waals surface area contributed by atoms with E-state index in [9.17, 15) is 9.59 Å². The lowest BCUT2D eigenvalue weighted by Gasteiger charge is -2.04. The lowest BCUT2D eigenvalue weighted by Crippen LogP contribution is -2.39. The first-order chi connectivity index (χ1) is 15.6. The van der Waals surface area contributed by atoms with E-state index in [1.165, 1.54) is 0 Å². The Balaban J connectivity index is 1.35. The number of furan rings is 1. The van der Waals surface area contributed by atoms with Gasteiger partial charge in [-0.05, 0) is 42.3 Å². The summed E-state index contributed by atoms with van der Waals surface area (Å²) in [5, 5.41) is 13.7. The van der Waals surface area contributed by atoms with E-state index in [2.05, 4.69) is 31.9 Å². The fraction of sp³-hybridized carbons (Fsp3) is 0.167. The number of benzene rings is 2. The largest absolute Gasteiger partial charge is 0.468 e. The van der Waals surface area contributed by atoms with Gasteiger partial charge in [-0.1, -0.05) is 24.3 Å². The van der Waals surface area contributed by atoms with E-state index in [1.807, 2.05) is 43.3 Å². The zero-order valence-corrected chi connectivity index (χ0v) is 17.4. The molecule has 4 aromatic rings. The maximum atomic E-state index is 12.0. The number of H-pyrrole nitrogens is 1. The Morgan fingerprint density at radius 2 is 1.97 bits per heavy atom. The molecule has 2 aromatic heterocycles. The smallest absolute Gasteiger partial charge is 0.320 e. The number of amides is 2. The first kappa shape index (κ1) is 19.7. The average molecular weight is 427 g/mol. The second-order valence-electron chi connectivity index (χ2n) is 7.59. The molecule has 0 bridgehead atoms. The molecule has 3 heterocycles. The maximum absolute atomic E-state index is 12.0. The van der Waals surface area contributed by atoms with E-state index in [0.29, 0.717) is 30.6 Å². The van der Waals surface area contributed by atoms with Crippen molar-refractivity contribution in [3.05, 3.63) is 82.2 Å². The van der Waals surface area contributed by atoms with Crippen LogP contribution in [0.1, 0.15) is 23.9 Å². The fourth-order valence-electron chi connectivity index (χ4n) is 3.88. The van der Waals surface area contributed by atoms with Crippen LogP contribution in [0.4, 0.5) is 10.5 Å². The minimum absolute atomic E-state index is 0.203. The molecule has 8 nitrogen and oxygen atoms in total. The highest BCUT2D eigenvalue weighted by molar-refractivity contribution is 6.02. The number of nitrogens with one attached hydrogen (secondary N) is 3. The summed E-state index contributed by atoms with van der Waals surface area (Å²) in [4.78, 5) is 28.2. The lowest BCUT2D eigenvalue weighted by atomic mass is 10.0. The van der Waals surface area contributed by atoms with Crippen LogP contribution in [-0.2, 0) is 12.8 Å². The van der Waals surface area contributed by atoms with Crippen molar-refractivity contribution in [3.63, 3.8) is 0 Å². The fourth-order valence-corrected chi connectivity index (χ4v) is 3.88. The molecule has 2 aromatic carbocycles. The van der Waals surface area contributed by atoms with Gasteiger partial charge in [-0.15, -0.1) is 0 Å². The number of urea groups is 1. The van der Waals surface area contributed by atoms with E-state index < -0.39 is 0 Å². The van der Waals surface area contributed by atoms with Crippen molar-refractivity contribution in [3.8, 4) is 11.1 Å². The van der Waals surface area contributed by atoms with Gasteiger partial charge in [-0.25, -0.2) is 14.9 Å². The summed E-state index contributed by atoms with van der Waals surface area (Å²) in [5.41, 5.74) is 4.41. The van der Waals surface area contributed by atoms with Crippen LogP contribution in [0.15, 0.2) is 69.0 Å². The highest BCUT2D eigenvalue weighted by Gasteiger charge is 2.18. The minimum atomic E-state index is -0.248. The van der Waals surface area contributed by atoms with Crippen molar-refractivity contribution < 1.29 is 9.21 Å². The molecular formula is C24H21N5O3. The van der Waals surface area contributed by atoms with Gasteiger partial charge in [0.1, 0.15) is 11.6 Å². The molecule has 0 saturated heterocycles. The van der Waals surface area contributed by atoms with Gasteiger partial charge in [0.05, 0.1) is 29.5 Å². The van der Waals surface area contributed by atoms with Crippen LogP contribution in [0.2, 0.25) is 0 Å². The first-order valence-electron chi connectivity index (χ1n) is 10.4. The van der Waals surface area contributed by atoms with Gasteiger partial charge in [0.2, 0.25) is 0 Å². The Morgan fingerprint density at radius 1 is 1.12 bits per heavy atom. The third kappa shape index (κ3) is 3.78. The summed E-state index contributed by atoms with van der Waals surface area (Å²) in [5.74, 6) is 1.38. The zero-order chi connectivity index (χ0) is 22.1. The standard InChI is InChI=1S/C24H21N5O3/c1-2-25-24(31)27-22-11-15-9-14(7-8-20(15)26-22)16-10-17(32-13-16)12-21-18-5-3-4-6-19(18)23(30)29-28-21/h3-10,13H,2,11-12H2,1H3,(H,29,30)(H2,25,26,27,31). The molecule has 0 spiro atoms. The molecule has 1 aliphatic rings. The summed E-state index contributed by atoms with van der Waals surface area (Å²) >= 11 is 0. The summed E-state index contributed by atoms with van der Waals surface area (Å²) in [6.45, 7) is 2.43. The topological polar surface area (TPSA) is 112 Å². The number of hydrogen-bond acceptors (Lipinski definition) is 5. The van der Waals surface area contributed by atoms with Gasteiger partial charge in [0.25, 0.3) is 5.56 Å². The maximum Gasteiger partial charge on any atom is 0.320 e. The highest BCUT2D eigenvalue weighted by Crippen LogP contribution is 2.32. The Bertz CT molecular complexity index is 1420. The number of carbonyl (C=O) groups excluding carboxylic acids is 1. The molecule has 3 N–H and O–H groups in total. The Labute approximate surface area is 183 Å². The van der Waals surface area contributed by atoms with E-state index >= 15 is 0 Å². The van der Waals surface area contributed by atoms with Crippen LogP contribution >= 0.6 is 0 Å².